The fourth-order valence-corrected chi connectivity index (χ4v) is 3.95. The van der Waals surface area contributed by atoms with Crippen LogP contribution in [-0.2, 0) is 16.1 Å². The van der Waals surface area contributed by atoms with Gasteiger partial charge in [0.15, 0.2) is 0 Å². The van der Waals surface area contributed by atoms with Crippen LogP contribution in [0.4, 0.5) is 11.4 Å². The van der Waals surface area contributed by atoms with Gasteiger partial charge in [0.1, 0.15) is 0 Å². The number of carbonyl (C=O) groups excluding carboxylic acids is 3. The Labute approximate surface area is 210 Å². The van der Waals surface area contributed by atoms with Crippen LogP contribution in [0.15, 0.2) is 78.9 Å². The van der Waals surface area contributed by atoms with E-state index in [1.165, 1.54) is 0 Å². The number of nitrogens with one attached hydrogen (secondary N) is 2. The van der Waals surface area contributed by atoms with Crippen LogP contribution in [0, 0.1) is 0 Å². The van der Waals surface area contributed by atoms with Crippen molar-refractivity contribution in [1.29, 1.82) is 0 Å². The van der Waals surface area contributed by atoms with Gasteiger partial charge in [0.05, 0.1) is 19.8 Å². The van der Waals surface area contributed by atoms with Crippen LogP contribution in [0.5, 0.6) is 0 Å². The van der Waals surface area contributed by atoms with Crippen molar-refractivity contribution < 1.29 is 19.1 Å². The van der Waals surface area contributed by atoms with Crippen molar-refractivity contribution in [2.24, 2.45) is 0 Å². The number of ether oxygens (including phenoxy) is 1. The summed E-state index contributed by atoms with van der Waals surface area (Å²) in [6.07, 6.45) is 0. The van der Waals surface area contributed by atoms with Crippen molar-refractivity contribution in [3.05, 3.63) is 95.6 Å². The molecule has 8 nitrogen and oxygen atoms in total. The Kier molecular flexibility index (Phi) is 8.31. The highest BCUT2D eigenvalue weighted by Gasteiger charge is 2.18. The standard InChI is InChI=1S/C28H30N4O4/c1-31(20-21-6-3-2-4-7-21)27(34)23-8-5-9-25(18-23)30-26(33)19-29-24-12-10-22(11-13-24)28(35)32-14-16-36-17-15-32/h2-13,18,29H,14-17,19-20H2,1H3,(H,30,33). The van der Waals surface area contributed by atoms with E-state index >= 15 is 0 Å². The fraction of sp³-hybridized carbons (Fsp3) is 0.250. The van der Waals surface area contributed by atoms with E-state index in [4.69, 9.17) is 4.74 Å². The molecule has 0 aliphatic carbocycles. The number of rotatable bonds is 8. The largest absolute Gasteiger partial charge is 0.378 e. The van der Waals surface area contributed by atoms with Gasteiger partial charge in [0.2, 0.25) is 5.91 Å². The van der Waals surface area contributed by atoms with E-state index in [-0.39, 0.29) is 24.3 Å². The van der Waals surface area contributed by atoms with Gasteiger partial charge in [0, 0.05) is 49.2 Å². The van der Waals surface area contributed by atoms with Crippen molar-refractivity contribution in [2.45, 2.75) is 6.54 Å². The van der Waals surface area contributed by atoms with E-state index in [1.807, 2.05) is 30.3 Å². The molecule has 3 aromatic rings. The molecule has 1 aliphatic rings. The molecular weight excluding hydrogens is 456 g/mol. The first-order valence-corrected chi connectivity index (χ1v) is 11.9. The highest BCUT2D eigenvalue weighted by Crippen LogP contribution is 2.15. The number of amides is 3. The summed E-state index contributed by atoms with van der Waals surface area (Å²) in [4.78, 5) is 41.3. The molecule has 1 fully saturated rings. The second-order valence-corrected chi connectivity index (χ2v) is 8.61. The lowest BCUT2D eigenvalue weighted by molar-refractivity contribution is -0.114. The average molecular weight is 487 g/mol. The zero-order valence-electron chi connectivity index (χ0n) is 20.3. The average Bonchev–Trinajstić information content (AvgIpc) is 2.92. The summed E-state index contributed by atoms with van der Waals surface area (Å²) in [7, 11) is 1.75. The van der Waals surface area contributed by atoms with Gasteiger partial charge in [-0.15, -0.1) is 0 Å². The first-order valence-electron chi connectivity index (χ1n) is 11.9. The smallest absolute Gasteiger partial charge is 0.254 e. The van der Waals surface area contributed by atoms with Crippen LogP contribution in [0.25, 0.3) is 0 Å². The molecule has 0 unspecified atom stereocenters. The Morgan fingerprint density at radius 1 is 0.861 bits per heavy atom. The Morgan fingerprint density at radius 2 is 1.58 bits per heavy atom. The number of anilines is 2. The van der Waals surface area contributed by atoms with Crippen LogP contribution in [-0.4, -0.2) is 67.4 Å². The zero-order valence-corrected chi connectivity index (χ0v) is 20.3. The number of hydrogen-bond donors (Lipinski definition) is 2. The SMILES string of the molecule is CN(Cc1ccccc1)C(=O)c1cccc(NC(=O)CNc2ccc(C(=O)N3CCOCC3)cc2)c1. The first-order chi connectivity index (χ1) is 17.5. The molecule has 1 heterocycles. The summed E-state index contributed by atoms with van der Waals surface area (Å²) in [5.41, 5.74) is 3.43. The summed E-state index contributed by atoms with van der Waals surface area (Å²) in [6.45, 7) is 2.84. The molecule has 1 saturated heterocycles. The molecule has 3 aromatic carbocycles. The molecule has 0 aromatic heterocycles. The maximum absolute atomic E-state index is 12.8. The normalized spacial score (nSPS) is 13.1. The van der Waals surface area contributed by atoms with Crippen molar-refractivity contribution in [3.63, 3.8) is 0 Å². The summed E-state index contributed by atoms with van der Waals surface area (Å²) in [5, 5.41) is 5.89. The van der Waals surface area contributed by atoms with Crippen LogP contribution >= 0.6 is 0 Å². The molecule has 36 heavy (non-hydrogen) atoms. The molecule has 3 amide bonds. The minimum atomic E-state index is -0.245. The van der Waals surface area contributed by atoms with Crippen molar-refractivity contribution in [3.8, 4) is 0 Å². The predicted molar refractivity (Wildman–Crippen MR) is 139 cm³/mol. The number of carbonyl (C=O) groups is 3. The summed E-state index contributed by atoms with van der Waals surface area (Å²) in [5.74, 6) is -0.392. The Morgan fingerprint density at radius 3 is 2.31 bits per heavy atom. The second-order valence-electron chi connectivity index (χ2n) is 8.61. The monoisotopic (exact) mass is 486 g/mol. The minimum Gasteiger partial charge on any atom is -0.378 e. The molecule has 1 aliphatic heterocycles. The van der Waals surface area contributed by atoms with Crippen LogP contribution in [0.3, 0.4) is 0 Å². The lowest BCUT2D eigenvalue weighted by Crippen LogP contribution is -2.40. The summed E-state index contributed by atoms with van der Waals surface area (Å²) >= 11 is 0. The highest BCUT2D eigenvalue weighted by atomic mass is 16.5. The van der Waals surface area contributed by atoms with E-state index in [0.29, 0.717) is 49.7 Å². The van der Waals surface area contributed by atoms with Crippen LogP contribution in [0.2, 0.25) is 0 Å². The molecule has 0 saturated carbocycles. The summed E-state index contributed by atoms with van der Waals surface area (Å²) < 4.78 is 5.29. The van der Waals surface area contributed by atoms with Crippen molar-refractivity contribution in [1.82, 2.24) is 9.80 Å². The molecule has 0 radical (unpaired) electrons. The Hall–Kier alpha value is -4.17. The third kappa shape index (κ3) is 6.70. The van der Waals surface area contributed by atoms with Gasteiger partial charge in [0.25, 0.3) is 11.8 Å². The van der Waals surface area contributed by atoms with Gasteiger partial charge >= 0.3 is 0 Å². The number of benzene rings is 3. The highest BCUT2D eigenvalue weighted by molar-refractivity contribution is 5.98. The van der Waals surface area contributed by atoms with E-state index in [1.54, 1.807) is 65.4 Å². The summed E-state index contributed by atoms with van der Waals surface area (Å²) in [6, 6.07) is 23.7. The Bertz CT molecular complexity index is 1190. The van der Waals surface area contributed by atoms with Gasteiger partial charge in [-0.2, -0.15) is 0 Å². The number of nitrogens with zero attached hydrogens (tertiary/aromatic N) is 2. The molecule has 8 heteroatoms. The number of hydrogen-bond acceptors (Lipinski definition) is 5. The second kappa shape index (κ2) is 12.0. The lowest BCUT2D eigenvalue weighted by atomic mass is 10.1. The van der Waals surface area contributed by atoms with E-state index < -0.39 is 0 Å². The van der Waals surface area contributed by atoms with Crippen LogP contribution < -0.4 is 10.6 Å². The molecule has 4 rings (SSSR count). The van der Waals surface area contributed by atoms with Gasteiger partial charge in [-0.1, -0.05) is 36.4 Å². The molecule has 0 bridgehead atoms. The minimum absolute atomic E-state index is 0.0218. The predicted octanol–water partition coefficient (Wildman–Crippen LogP) is 3.48. The maximum Gasteiger partial charge on any atom is 0.254 e. The Balaban J connectivity index is 1.28. The molecule has 0 atom stereocenters. The molecule has 186 valence electrons. The van der Waals surface area contributed by atoms with Gasteiger partial charge < -0.3 is 25.2 Å². The molecule has 0 spiro atoms. The van der Waals surface area contributed by atoms with Crippen molar-refractivity contribution >= 4 is 29.1 Å². The van der Waals surface area contributed by atoms with Gasteiger partial charge in [-0.3, -0.25) is 14.4 Å². The quantitative estimate of drug-likeness (QED) is 0.509. The first kappa shape index (κ1) is 24.9. The fourth-order valence-electron chi connectivity index (χ4n) is 3.95. The van der Waals surface area contributed by atoms with Gasteiger partial charge in [-0.25, -0.2) is 0 Å². The van der Waals surface area contributed by atoms with E-state index in [9.17, 15) is 14.4 Å². The van der Waals surface area contributed by atoms with E-state index in [2.05, 4.69) is 10.6 Å². The maximum atomic E-state index is 12.8. The topological polar surface area (TPSA) is 91.0 Å². The molecule has 2 N–H and O–H groups in total. The van der Waals surface area contributed by atoms with E-state index in [0.717, 1.165) is 11.3 Å². The van der Waals surface area contributed by atoms with Crippen LogP contribution in [0.1, 0.15) is 26.3 Å². The van der Waals surface area contributed by atoms with Crippen molar-refractivity contribution in [2.75, 3.05) is 50.5 Å². The third-order valence-electron chi connectivity index (χ3n) is 5.89. The molecular formula is C28H30N4O4. The third-order valence-corrected chi connectivity index (χ3v) is 5.89. The van der Waals surface area contributed by atoms with Gasteiger partial charge in [-0.05, 0) is 48.0 Å². The lowest BCUT2D eigenvalue weighted by Gasteiger charge is -2.26. The zero-order chi connectivity index (χ0) is 25.3. The number of morpholine rings is 1.